The Bertz CT molecular complexity index is 418. The Morgan fingerprint density at radius 2 is 1.67 bits per heavy atom. The quantitative estimate of drug-likeness (QED) is 0.535. The van der Waals surface area contributed by atoms with Crippen molar-refractivity contribution in [2.75, 3.05) is 13.1 Å². The molecule has 0 unspecified atom stereocenters. The van der Waals surface area contributed by atoms with Gasteiger partial charge in [0, 0.05) is 30.3 Å². The van der Waals surface area contributed by atoms with Crippen LogP contribution in [0.5, 0.6) is 0 Å². The number of nitrogens with zero attached hydrogens (tertiary/aromatic N) is 2. The van der Waals surface area contributed by atoms with Gasteiger partial charge in [0.1, 0.15) is 5.69 Å². The largest absolute Gasteiger partial charge is 0.343 e. The molecule has 0 aliphatic heterocycles. The predicted octanol–water partition coefficient (Wildman–Crippen LogP) is 5.09. The van der Waals surface area contributed by atoms with Crippen molar-refractivity contribution in [3.8, 4) is 0 Å². The maximum absolute atomic E-state index is 12.8. The summed E-state index contributed by atoms with van der Waals surface area (Å²) < 4.78 is 3.01. The topological polar surface area (TPSA) is 25.2 Å². The SMILES string of the molecule is CCCCCN(CCCCC)C(=O)c1cc(Br)cn1CC. The zero-order chi connectivity index (χ0) is 15.7. The first-order valence-electron chi connectivity index (χ1n) is 8.28. The van der Waals surface area contributed by atoms with Gasteiger partial charge in [0.25, 0.3) is 5.91 Å². The summed E-state index contributed by atoms with van der Waals surface area (Å²) in [5.74, 6) is 0.176. The van der Waals surface area contributed by atoms with Crippen molar-refractivity contribution < 1.29 is 4.79 Å². The molecule has 0 aromatic carbocycles. The van der Waals surface area contributed by atoms with Gasteiger partial charge in [-0.25, -0.2) is 0 Å². The molecule has 1 heterocycles. The number of rotatable bonds is 10. The average molecular weight is 357 g/mol. The molecule has 1 aromatic heterocycles. The molecule has 4 heteroatoms. The predicted molar refractivity (Wildman–Crippen MR) is 92.8 cm³/mol. The molecule has 0 spiro atoms. The van der Waals surface area contributed by atoms with Crippen molar-refractivity contribution in [1.29, 1.82) is 0 Å². The summed E-state index contributed by atoms with van der Waals surface area (Å²) >= 11 is 3.48. The molecule has 0 saturated heterocycles. The molecule has 3 nitrogen and oxygen atoms in total. The van der Waals surface area contributed by atoms with Crippen molar-refractivity contribution in [3.63, 3.8) is 0 Å². The third kappa shape index (κ3) is 5.85. The molecular formula is C17H29BrN2O. The van der Waals surface area contributed by atoms with Crippen molar-refractivity contribution in [3.05, 3.63) is 22.4 Å². The molecule has 0 fully saturated rings. The van der Waals surface area contributed by atoms with Gasteiger partial charge in [-0.1, -0.05) is 39.5 Å². The number of carbonyl (C=O) groups excluding carboxylic acids is 1. The van der Waals surface area contributed by atoms with E-state index in [-0.39, 0.29) is 5.91 Å². The molecule has 21 heavy (non-hydrogen) atoms. The fourth-order valence-corrected chi connectivity index (χ4v) is 2.96. The third-order valence-corrected chi connectivity index (χ3v) is 4.21. The monoisotopic (exact) mass is 356 g/mol. The van der Waals surface area contributed by atoms with Gasteiger partial charge in [-0.3, -0.25) is 4.79 Å². The second kappa shape index (κ2) is 10.0. The third-order valence-electron chi connectivity index (χ3n) is 3.77. The Morgan fingerprint density at radius 1 is 1.10 bits per heavy atom. The first-order valence-corrected chi connectivity index (χ1v) is 9.08. The highest BCUT2D eigenvalue weighted by Gasteiger charge is 2.19. The van der Waals surface area contributed by atoms with E-state index in [4.69, 9.17) is 0 Å². The lowest BCUT2D eigenvalue weighted by atomic mass is 10.2. The molecule has 0 N–H and O–H groups in total. The summed E-state index contributed by atoms with van der Waals surface area (Å²) in [6.45, 7) is 9.04. The van der Waals surface area contributed by atoms with Crippen LogP contribution in [0, 0.1) is 0 Å². The van der Waals surface area contributed by atoms with Gasteiger partial charge in [0.2, 0.25) is 0 Å². The van der Waals surface area contributed by atoms with Crippen LogP contribution in [0.3, 0.4) is 0 Å². The molecule has 0 bridgehead atoms. The van der Waals surface area contributed by atoms with Gasteiger partial charge in [-0.15, -0.1) is 0 Å². The van der Waals surface area contributed by atoms with E-state index in [1.807, 2.05) is 21.7 Å². The molecule has 0 aliphatic rings. The Kier molecular flexibility index (Phi) is 8.74. The van der Waals surface area contributed by atoms with Gasteiger partial charge >= 0.3 is 0 Å². The molecule has 120 valence electrons. The highest BCUT2D eigenvalue weighted by Crippen LogP contribution is 2.17. The van der Waals surface area contributed by atoms with Crippen molar-refractivity contribution in [1.82, 2.24) is 9.47 Å². The first-order chi connectivity index (χ1) is 10.1. The summed E-state index contributed by atoms with van der Waals surface area (Å²) in [6, 6.07) is 1.94. The molecule has 0 aliphatic carbocycles. The number of aromatic nitrogens is 1. The molecule has 0 radical (unpaired) electrons. The minimum Gasteiger partial charge on any atom is -0.343 e. The van der Waals surface area contributed by atoms with Crippen LogP contribution >= 0.6 is 15.9 Å². The Morgan fingerprint density at radius 3 is 2.14 bits per heavy atom. The van der Waals surface area contributed by atoms with Gasteiger partial charge in [0.15, 0.2) is 0 Å². The van der Waals surface area contributed by atoms with Crippen LogP contribution < -0.4 is 0 Å². The van der Waals surface area contributed by atoms with Crippen LogP contribution in [-0.2, 0) is 6.54 Å². The van der Waals surface area contributed by atoms with E-state index in [0.29, 0.717) is 0 Å². The number of halogens is 1. The molecule has 0 saturated carbocycles. The number of amides is 1. The Balaban J connectivity index is 2.76. The van der Waals surface area contributed by atoms with Crippen LogP contribution in [0.4, 0.5) is 0 Å². The van der Waals surface area contributed by atoms with E-state index in [0.717, 1.165) is 42.6 Å². The lowest BCUT2D eigenvalue weighted by molar-refractivity contribution is 0.0739. The number of hydrogen-bond acceptors (Lipinski definition) is 1. The average Bonchev–Trinajstić information content (AvgIpc) is 2.86. The van der Waals surface area contributed by atoms with E-state index in [2.05, 4.69) is 36.7 Å². The number of hydrogen-bond donors (Lipinski definition) is 0. The van der Waals surface area contributed by atoms with Crippen LogP contribution in [0.25, 0.3) is 0 Å². The smallest absolute Gasteiger partial charge is 0.270 e. The minimum absolute atomic E-state index is 0.176. The summed E-state index contributed by atoms with van der Waals surface area (Å²) in [5, 5.41) is 0. The van der Waals surface area contributed by atoms with Crippen molar-refractivity contribution >= 4 is 21.8 Å². The van der Waals surface area contributed by atoms with E-state index >= 15 is 0 Å². The van der Waals surface area contributed by atoms with E-state index in [9.17, 15) is 4.79 Å². The van der Waals surface area contributed by atoms with Gasteiger partial charge in [-0.05, 0) is 41.8 Å². The summed E-state index contributed by atoms with van der Waals surface area (Å²) in [4.78, 5) is 14.9. The zero-order valence-corrected chi connectivity index (χ0v) is 15.3. The van der Waals surface area contributed by atoms with E-state index < -0.39 is 0 Å². The lowest BCUT2D eigenvalue weighted by Gasteiger charge is -2.23. The number of aryl methyl sites for hydroxylation is 1. The highest BCUT2D eigenvalue weighted by atomic mass is 79.9. The van der Waals surface area contributed by atoms with E-state index in [1.165, 1.54) is 25.7 Å². The molecule has 0 atom stereocenters. The molecule has 1 amide bonds. The number of unbranched alkanes of at least 4 members (excludes halogenated alkanes) is 4. The lowest BCUT2D eigenvalue weighted by Crippen LogP contribution is -2.34. The van der Waals surface area contributed by atoms with Crippen molar-refractivity contribution in [2.45, 2.75) is 65.8 Å². The van der Waals surface area contributed by atoms with Crippen LogP contribution in [0.1, 0.15) is 69.8 Å². The fourth-order valence-electron chi connectivity index (χ4n) is 2.50. The highest BCUT2D eigenvalue weighted by molar-refractivity contribution is 9.10. The van der Waals surface area contributed by atoms with E-state index in [1.54, 1.807) is 0 Å². The zero-order valence-electron chi connectivity index (χ0n) is 13.7. The molecular weight excluding hydrogens is 328 g/mol. The maximum atomic E-state index is 12.8. The minimum atomic E-state index is 0.176. The molecule has 1 aromatic rings. The number of carbonyl (C=O) groups is 1. The fraction of sp³-hybridized carbons (Fsp3) is 0.706. The second-order valence-electron chi connectivity index (χ2n) is 5.54. The Hall–Kier alpha value is -0.770. The summed E-state index contributed by atoms with van der Waals surface area (Å²) in [7, 11) is 0. The van der Waals surface area contributed by atoms with Crippen LogP contribution in [-0.4, -0.2) is 28.5 Å². The van der Waals surface area contributed by atoms with Gasteiger partial charge in [0.05, 0.1) is 0 Å². The van der Waals surface area contributed by atoms with Crippen molar-refractivity contribution in [2.24, 2.45) is 0 Å². The van der Waals surface area contributed by atoms with Crippen LogP contribution in [0.15, 0.2) is 16.7 Å². The van der Waals surface area contributed by atoms with Crippen LogP contribution in [0.2, 0.25) is 0 Å². The Labute approximate surface area is 137 Å². The summed E-state index contributed by atoms with van der Waals surface area (Å²) in [5.41, 5.74) is 0.803. The maximum Gasteiger partial charge on any atom is 0.270 e. The van der Waals surface area contributed by atoms with Gasteiger partial charge < -0.3 is 9.47 Å². The second-order valence-corrected chi connectivity index (χ2v) is 6.45. The summed E-state index contributed by atoms with van der Waals surface area (Å²) in [6.07, 6.45) is 8.95. The first kappa shape index (κ1) is 18.3. The standard InChI is InChI=1S/C17H29BrN2O/c1-4-7-9-11-20(12-10-8-5-2)17(21)16-13-15(18)14-19(16)6-3/h13-14H,4-12H2,1-3H3. The van der Waals surface area contributed by atoms with Gasteiger partial charge in [-0.2, -0.15) is 0 Å². The molecule has 1 rings (SSSR count). The normalized spacial score (nSPS) is 10.9.